The first-order valence-electron chi connectivity index (χ1n) is 5.78. The van der Waals surface area contributed by atoms with Crippen molar-refractivity contribution in [3.05, 3.63) is 12.7 Å². The van der Waals surface area contributed by atoms with Crippen molar-refractivity contribution >= 4 is 0 Å². The Morgan fingerprint density at radius 1 is 1.13 bits per heavy atom. The van der Waals surface area contributed by atoms with Gasteiger partial charge in [0.05, 0.1) is 0 Å². The van der Waals surface area contributed by atoms with Gasteiger partial charge in [-0.05, 0) is 41.5 Å². The first kappa shape index (κ1) is 14.7. The van der Waals surface area contributed by atoms with Gasteiger partial charge in [-0.2, -0.15) is 0 Å². The lowest BCUT2D eigenvalue weighted by atomic mass is 10.1. The van der Waals surface area contributed by atoms with Crippen LogP contribution in [-0.4, -0.2) is 35.6 Å². The summed E-state index contributed by atoms with van der Waals surface area (Å²) in [5, 5.41) is 3.51. The summed E-state index contributed by atoms with van der Waals surface area (Å²) in [6, 6.07) is 0. The van der Waals surface area contributed by atoms with Crippen molar-refractivity contribution in [1.82, 2.24) is 10.2 Å². The standard InChI is InChI=1S/C13H28N2/c1-8-10-15(13(5,6)7)11-9-14-12(2,3)4/h8,14H,1,9-11H2,2-7H3. The van der Waals surface area contributed by atoms with Crippen molar-refractivity contribution in [2.75, 3.05) is 19.6 Å². The Bertz CT molecular complexity index is 184. The van der Waals surface area contributed by atoms with E-state index in [1.165, 1.54) is 0 Å². The molecule has 0 spiro atoms. The average molecular weight is 212 g/mol. The predicted molar refractivity (Wildman–Crippen MR) is 69.3 cm³/mol. The highest BCUT2D eigenvalue weighted by molar-refractivity contribution is 4.84. The molecule has 0 rings (SSSR count). The van der Waals surface area contributed by atoms with E-state index in [0.29, 0.717) is 0 Å². The molecule has 90 valence electrons. The van der Waals surface area contributed by atoms with Crippen LogP contribution in [0.5, 0.6) is 0 Å². The summed E-state index contributed by atoms with van der Waals surface area (Å²) in [6.45, 7) is 20.2. The molecule has 15 heavy (non-hydrogen) atoms. The van der Waals surface area contributed by atoms with Gasteiger partial charge in [-0.1, -0.05) is 6.08 Å². The summed E-state index contributed by atoms with van der Waals surface area (Å²) in [5.41, 5.74) is 0.422. The molecule has 0 radical (unpaired) electrons. The molecular formula is C13H28N2. The lowest BCUT2D eigenvalue weighted by molar-refractivity contribution is 0.151. The topological polar surface area (TPSA) is 15.3 Å². The average Bonchev–Trinajstić information content (AvgIpc) is 1.98. The molecule has 0 saturated carbocycles. The molecule has 0 aliphatic rings. The largest absolute Gasteiger partial charge is 0.311 e. The van der Waals surface area contributed by atoms with Gasteiger partial charge in [0.25, 0.3) is 0 Å². The van der Waals surface area contributed by atoms with Crippen LogP contribution in [0, 0.1) is 0 Å². The molecule has 0 aliphatic heterocycles. The van der Waals surface area contributed by atoms with Gasteiger partial charge in [0.2, 0.25) is 0 Å². The molecule has 0 fully saturated rings. The number of hydrogen-bond donors (Lipinski definition) is 1. The van der Waals surface area contributed by atoms with E-state index < -0.39 is 0 Å². The van der Waals surface area contributed by atoms with Crippen molar-refractivity contribution in [2.45, 2.75) is 52.6 Å². The molecule has 0 aromatic carbocycles. The maximum Gasteiger partial charge on any atom is 0.0166 e. The maximum absolute atomic E-state index is 3.81. The Balaban J connectivity index is 4.03. The van der Waals surface area contributed by atoms with Gasteiger partial charge in [-0.15, -0.1) is 6.58 Å². The van der Waals surface area contributed by atoms with Crippen LogP contribution in [0.1, 0.15) is 41.5 Å². The molecule has 0 aromatic heterocycles. The van der Waals surface area contributed by atoms with Crippen molar-refractivity contribution in [3.63, 3.8) is 0 Å². The molecular weight excluding hydrogens is 184 g/mol. The molecule has 2 heteroatoms. The second-order valence-electron chi connectivity index (χ2n) is 6.08. The van der Waals surface area contributed by atoms with Gasteiger partial charge in [0, 0.05) is 30.7 Å². The monoisotopic (exact) mass is 212 g/mol. The lowest BCUT2D eigenvalue weighted by Crippen LogP contribution is -2.47. The van der Waals surface area contributed by atoms with E-state index in [0.717, 1.165) is 19.6 Å². The molecule has 0 amide bonds. The van der Waals surface area contributed by atoms with Crippen molar-refractivity contribution in [1.29, 1.82) is 0 Å². The van der Waals surface area contributed by atoms with Crippen LogP contribution in [0.2, 0.25) is 0 Å². The van der Waals surface area contributed by atoms with Crippen molar-refractivity contribution in [3.8, 4) is 0 Å². The Labute approximate surface area is 95.7 Å². The van der Waals surface area contributed by atoms with Crippen LogP contribution < -0.4 is 5.32 Å². The van der Waals surface area contributed by atoms with E-state index >= 15 is 0 Å². The Morgan fingerprint density at radius 2 is 1.67 bits per heavy atom. The first-order chi connectivity index (χ1) is 6.67. The highest BCUT2D eigenvalue weighted by Gasteiger charge is 2.19. The summed E-state index contributed by atoms with van der Waals surface area (Å²) < 4.78 is 0. The second kappa shape index (κ2) is 5.66. The minimum absolute atomic E-state index is 0.206. The minimum Gasteiger partial charge on any atom is -0.311 e. The van der Waals surface area contributed by atoms with Crippen LogP contribution in [0.25, 0.3) is 0 Å². The third kappa shape index (κ3) is 7.57. The van der Waals surface area contributed by atoms with Gasteiger partial charge in [-0.25, -0.2) is 0 Å². The van der Waals surface area contributed by atoms with E-state index in [1.54, 1.807) is 0 Å². The zero-order valence-electron chi connectivity index (χ0n) is 11.4. The van der Waals surface area contributed by atoms with Crippen LogP contribution in [0.4, 0.5) is 0 Å². The van der Waals surface area contributed by atoms with Crippen LogP contribution in [0.3, 0.4) is 0 Å². The Hall–Kier alpha value is -0.340. The lowest BCUT2D eigenvalue weighted by Gasteiger charge is -2.35. The van der Waals surface area contributed by atoms with Crippen LogP contribution in [-0.2, 0) is 0 Å². The number of rotatable bonds is 5. The zero-order valence-corrected chi connectivity index (χ0v) is 11.4. The molecule has 0 aliphatic carbocycles. The summed E-state index contributed by atoms with van der Waals surface area (Å²) in [4.78, 5) is 2.43. The van der Waals surface area contributed by atoms with E-state index in [4.69, 9.17) is 0 Å². The number of hydrogen-bond acceptors (Lipinski definition) is 2. The summed E-state index contributed by atoms with van der Waals surface area (Å²) in [5.74, 6) is 0. The smallest absolute Gasteiger partial charge is 0.0166 e. The Kier molecular flexibility index (Phi) is 5.54. The number of nitrogens with one attached hydrogen (secondary N) is 1. The van der Waals surface area contributed by atoms with E-state index in [1.807, 2.05) is 6.08 Å². The van der Waals surface area contributed by atoms with Gasteiger partial charge in [0.1, 0.15) is 0 Å². The first-order valence-corrected chi connectivity index (χ1v) is 5.78. The summed E-state index contributed by atoms with van der Waals surface area (Å²) in [7, 11) is 0. The molecule has 2 nitrogen and oxygen atoms in total. The van der Waals surface area contributed by atoms with Crippen molar-refractivity contribution < 1.29 is 0 Å². The van der Waals surface area contributed by atoms with Gasteiger partial charge < -0.3 is 5.32 Å². The predicted octanol–water partition coefficient (Wildman–Crippen LogP) is 2.66. The molecule has 0 bridgehead atoms. The van der Waals surface area contributed by atoms with Gasteiger partial charge in [-0.3, -0.25) is 4.90 Å². The normalized spacial score (nSPS) is 13.3. The number of nitrogens with zero attached hydrogens (tertiary/aromatic N) is 1. The van der Waals surface area contributed by atoms with E-state index in [-0.39, 0.29) is 11.1 Å². The maximum atomic E-state index is 3.81. The highest BCUT2D eigenvalue weighted by atomic mass is 15.2. The van der Waals surface area contributed by atoms with Gasteiger partial charge >= 0.3 is 0 Å². The molecule has 0 aromatic rings. The SMILES string of the molecule is C=CCN(CCNC(C)(C)C)C(C)(C)C. The van der Waals surface area contributed by atoms with Crippen molar-refractivity contribution in [2.24, 2.45) is 0 Å². The second-order valence-corrected chi connectivity index (χ2v) is 6.08. The zero-order chi connectivity index (χ0) is 12.1. The fourth-order valence-electron chi connectivity index (χ4n) is 1.42. The highest BCUT2D eigenvalue weighted by Crippen LogP contribution is 2.12. The van der Waals surface area contributed by atoms with Crippen LogP contribution in [0.15, 0.2) is 12.7 Å². The Morgan fingerprint density at radius 3 is 2.00 bits per heavy atom. The molecule has 0 heterocycles. The van der Waals surface area contributed by atoms with E-state index in [2.05, 4.69) is 58.3 Å². The van der Waals surface area contributed by atoms with E-state index in [9.17, 15) is 0 Å². The van der Waals surface area contributed by atoms with Gasteiger partial charge in [0.15, 0.2) is 0 Å². The third-order valence-corrected chi connectivity index (χ3v) is 2.34. The minimum atomic E-state index is 0.206. The molecule has 1 N–H and O–H groups in total. The molecule has 0 saturated heterocycles. The third-order valence-electron chi connectivity index (χ3n) is 2.34. The quantitative estimate of drug-likeness (QED) is 0.705. The fourth-order valence-corrected chi connectivity index (χ4v) is 1.42. The molecule has 0 atom stereocenters. The molecule has 0 unspecified atom stereocenters. The summed E-state index contributed by atoms with van der Waals surface area (Å²) >= 11 is 0. The summed E-state index contributed by atoms with van der Waals surface area (Å²) in [6.07, 6.45) is 1.97. The van der Waals surface area contributed by atoms with Crippen LogP contribution >= 0.6 is 0 Å². The fraction of sp³-hybridized carbons (Fsp3) is 0.846.